The molecule has 0 bridgehead atoms. The summed E-state index contributed by atoms with van der Waals surface area (Å²) in [5, 5.41) is 18.2. The molecule has 0 aliphatic heterocycles. The van der Waals surface area contributed by atoms with Gasteiger partial charge in [0.2, 0.25) is 5.13 Å². The van der Waals surface area contributed by atoms with Gasteiger partial charge in [-0.05, 0) is 36.4 Å². The molecule has 4 rings (SSSR count). The molecule has 0 atom stereocenters. The summed E-state index contributed by atoms with van der Waals surface area (Å²) in [6.45, 7) is 0. The van der Waals surface area contributed by atoms with Crippen LogP contribution in [-0.2, 0) is 0 Å². The summed E-state index contributed by atoms with van der Waals surface area (Å²) >= 11 is 10.7. The van der Waals surface area contributed by atoms with Crippen LogP contribution in [0.5, 0.6) is 0 Å². The predicted octanol–water partition coefficient (Wildman–Crippen LogP) is 6.84. The largest absolute Gasteiger partial charge is 0.455 e. The fourth-order valence-corrected chi connectivity index (χ4v) is 3.76. The molecule has 2 heterocycles. The van der Waals surface area contributed by atoms with Crippen LogP contribution in [0, 0.1) is 10.1 Å². The Morgan fingerprint density at radius 3 is 2.77 bits per heavy atom. The zero-order chi connectivity index (χ0) is 21.1. The van der Waals surface area contributed by atoms with Crippen molar-refractivity contribution >= 4 is 55.9 Å². The number of nitrogens with zero attached hydrogens (tertiary/aromatic N) is 3. The van der Waals surface area contributed by atoms with Crippen LogP contribution >= 0.6 is 38.9 Å². The van der Waals surface area contributed by atoms with E-state index in [2.05, 4.69) is 31.4 Å². The number of thiazole rings is 1. The number of rotatable bonds is 6. The van der Waals surface area contributed by atoms with Crippen LogP contribution in [0.25, 0.3) is 22.6 Å². The number of nitrogens with one attached hydrogen (secondary N) is 1. The van der Waals surface area contributed by atoms with Crippen LogP contribution in [0.4, 0.5) is 10.8 Å². The molecule has 1 N–H and O–H groups in total. The number of hydrogen-bond donors (Lipinski definition) is 1. The van der Waals surface area contributed by atoms with E-state index < -0.39 is 4.92 Å². The fraction of sp³-hybridized carbons (Fsp3) is 0. The summed E-state index contributed by atoms with van der Waals surface area (Å²) in [6, 6.07) is 15.6. The van der Waals surface area contributed by atoms with Crippen molar-refractivity contribution in [2.24, 2.45) is 5.10 Å². The average molecular weight is 504 g/mol. The smallest absolute Gasteiger partial charge is 0.281 e. The number of aromatic nitrogens is 1. The van der Waals surface area contributed by atoms with Crippen LogP contribution in [0.1, 0.15) is 5.76 Å². The average Bonchev–Trinajstić information content (AvgIpc) is 3.38. The molecule has 0 unspecified atom stereocenters. The molecule has 2 aromatic heterocycles. The van der Waals surface area contributed by atoms with Crippen LogP contribution in [0.3, 0.4) is 0 Å². The Morgan fingerprint density at radius 2 is 2.00 bits per heavy atom. The van der Waals surface area contributed by atoms with Gasteiger partial charge in [0.25, 0.3) is 5.69 Å². The molecule has 0 fully saturated rings. The maximum absolute atomic E-state index is 11.3. The SMILES string of the molecule is O=[N+]([O-])c1cc(Cl)ccc1-c1ccc(/C=N/Nc2nc(-c3ccc(Br)cc3)cs2)o1. The van der Waals surface area contributed by atoms with Crippen molar-refractivity contribution in [3.05, 3.63) is 85.3 Å². The summed E-state index contributed by atoms with van der Waals surface area (Å²) in [5.41, 5.74) is 4.94. The molecule has 30 heavy (non-hydrogen) atoms. The number of furan rings is 1. The number of halogens is 2. The van der Waals surface area contributed by atoms with E-state index in [-0.39, 0.29) is 10.7 Å². The third-order valence-corrected chi connectivity index (χ3v) is 5.56. The Morgan fingerprint density at radius 1 is 1.20 bits per heavy atom. The molecule has 0 spiro atoms. The number of hydrogen-bond acceptors (Lipinski definition) is 7. The molecule has 150 valence electrons. The van der Waals surface area contributed by atoms with Crippen molar-refractivity contribution in [3.8, 4) is 22.6 Å². The lowest BCUT2D eigenvalue weighted by Crippen LogP contribution is -1.91. The van der Waals surface area contributed by atoms with Crippen LogP contribution in [0.15, 0.2) is 74.0 Å². The highest BCUT2D eigenvalue weighted by atomic mass is 79.9. The van der Waals surface area contributed by atoms with Gasteiger partial charge in [-0.25, -0.2) is 4.98 Å². The van der Waals surface area contributed by atoms with Gasteiger partial charge in [0.1, 0.15) is 11.5 Å². The van der Waals surface area contributed by atoms with E-state index in [1.54, 1.807) is 24.3 Å². The maximum atomic E-state index is 11.3. The highest BCUT2D eigenvalue weighted by molar-refractivity contribution is 9.10. The van der Waals surface area contributed by atoms with Gasteiger partial charge in [0.05, 0.1) is 22.4 Å². The van der Waals surface area contributed by atoms with Crippen molar-refractivity contribution in [2.75, 3.05) is 5.43 Å². The second kappa shape index (κ2) is 8.78. The standard InChI is InChI=1S/C20H12BrClN4O3S/c21-13-3-1-12(2-4-13)17-11-30-20(24-17)25-23-10-15-6-8-19(29-15)16-7-5-14(22)9-18(16)26(27)28/h1-11H,(H,24,25)/b23-10+. The summed E-state index contributed by atoms with van der Waals surface area (Å²) in [7, 11) is 0. The lowest BCUT2D eigenvalue weighted by atomic mass is 10.1. The minimum Gasteiger partial charge on any atom is -0.455 e. The summed E-state index contributed by atoms with van der Waals surface area (Å²) in [5.74, 6) is 0.790. The number of nitro groups is 1. The number of anilines is 1. The van der Waals surface area contributed by atoms with Crippen molar-refractivity contribution in [3.63, 3.8) is 0 Å². The van der Waals surface area contributed by atoms with Gasteiger partial charge in [-0.3, -0.25) is 15.5 Å². The van der Waals surface area contributed by atoms with E-state index in [0.29, 0.717) is 22.2 Å². The number of benzene rings is 2. The number of nitro benzene ring substituents is 1. The van der Waals surface area contributed by atoms with E-state index in [1.807, 2.05) is 29.6 Å². The van der Waals surface area contributed by atoms with E-state index >= 15 is 0 Å². The van der Waals surface area contributed by atoms with Gasteiger partial charge in [-0.15, -0.1) is 11.3 Å². The first-order valence-corrected chi connectivity index (χ1v) is 10.6. The predicted molar refractivity (Wildman–Crippen MR) is 122 cm³/mol. The second-order valence-corrected chi connectivity index (χ2v) is 8.25. The van der Waals surface area contributed by atoms with Gasteiger partial charge < -0.3 is 4.42 Å². The van der Waals surface area contributed by atoms with Crippen molar-refractivity contribution < 1.29 is 9.34 Å². The third kappa shape index (κ3) is 4.59. The van der Waals surface area contributed by atoms with Crippen molar-refractivity contribution in [2.45, 2.75) is 0 Å². The molecule has 0 saturated carbocycles. The van der Waals surface area contributed by atoms with Gasteiger partial charge in [0.15, 0.2) is 0 Å². The summed E-state index contributed by atoms with van der Waals surface area (Å²) in [4.78, 5) is 15.3. The Kier molecular flexibility index (Phi) is 5.93. The van der Waals surface area contributed by atoms with Crippen molar-refractivity contribution in [1.82, 2.24) is 4.98 Å². The van der Waals surface area contributed by atoms with Crippen molar-refractivity contribution in [1.29, 1.82) is 0 Å². The van der Waals surface area contributed by atoms with E-state index in [9.17, 15) is 10.1 Å². The molecule has 2 aromatic carbocycles. The first kappa shape index (κ1) is 20.3. The highest BCUT2D eigenvalue weighted by Crippen LogP contribution is 2.33. The molecule has 0 saturated heterocycles. The lowest BCUT2D eigenvalue weighted by molar-refractivity contribution is -0.384. The first-order chi connectivity index (χ1) is 14.5. The van der Waals surface area contributed by atoms with E-state index in [1.165, 1.54) is 23.6 Å². The molecule has 0 aliphatic rings. The van der Waals surface area contributed by atoms with Gasteiger partial charge in [0, 0.05) is 26.5 Å². The second-order valence-electron chi connectivity index (χ2n) is 6.04. The monoisotopic (exact) mass is 502 g/mol. The molecule has 10 heteroatoms. The zero-order valence-corrected chi connectivity index (χ0v) is 18.2. The van der Waals surface area contributed by atoms with Gasteiger partial charge in [-0.2, -0.15) is 5.10 Å². The normalized spacial score (nSPS) is 11.1. The summed E-state index contributed by atoms with van der Waals surface area (Å²) < 4.78 is 6.67. The highest BCUT2D eigenvalue weighted by Gasteiger charge is 2.18. The minimum absolute atomic E-state index is 0.123. The Bertz CT molecular complexity index is 1240. The maximum Gasteiger partial charge on any atom is 0.281 e. The number of hydrazone groups is 1. The molecule has 0 radical (unpaired) electrons. The minimum atomic E-state index is -0.496. The molecular weight excluding hydrogens is 492 g/mol. The molecule has 0 amide bonds. The molecule has 7 nitrogen and oxygen atoms in total. The van der Waals surface area contributed by atoms with E-state index in [4.69, 9.17) is 16.0 Å². The van der Waals surface area contributed by atoms with Gasteiger partial charge in [-0.1, -0.05) is 39.7 Å². The Labute approximate surface area is 188 Å². The third-order valence-electron chi connectivity index (χ3n) is 4.04. The Hall–Kier alpha value is -3.01. The van der Waals surface area contributed by atoms with Crippen LogP contribution in [0.2, 0.25) is 5.02 Å². The Balaban J connectivity index is 1.46. The quantitative estimate of drug-likeness (QED) is 0.177. The zero-order valence-electron chi connectivity index (χ0n) is 15.1. The molecule has 0 aliphatic carbocycles. The first-order valence-electron chi connectivity index (χ1n) is 8.54. The van der Waals surface area contributed by atoms with Gasteiger partial charge >= 0.3 is 0 Å². The van der Waals surface area contributed by atoms with Crippen LogP contribution in [-0.4, -0.2) is 16.1 Å². The topological polar surface area (TPSA) is 93.6 Å². The summed E-state index contributed by atoms with van der Waals surface area (Å²) in [6.07, 6.45) is 1.48. The lowest BCUT2D eigenvalue weighted by Gasteiger charge is -2.00. The van der Waals surface area contributed by atoms with Crippen LogP contribution < -0.4 is 5.43 Å². The van der Waals surface area contributed by atoms with E-state index in [0.717, 1.165) is 15.7 Å². The fourth-order valence-electron chi connectivity index (χ4n) is 2.66. The molecule has 4 aromatic rings. The molecular formula is C20H12BrClN4O3S.